The van der Waals surface area contributed by atoms with Crippen LogP contribution in [0.1, 0.15) is 19.4 Å². The first kappa shape index (κ1) is 15.7. The van der Waals surface area contributed by atoms with Crippen LogP contribution in [0, 0.1) is 0 Å². The molecule has 4 N–H and O–H groups in total. The van der Waals surface area contributed by atoms with Crippen LogP contribution >= 0.6 is 0 Å². The van der Waals surface area contributed by atoms with Crippen molar-refractivity contribution in [3.05, 3.63) is 45.6 Å². The number of aromatic hydroxyl groups is 4. The lowest BCUT2D eigenvalue weighted by Crippen LogP contribution is -2.04. The minimum absolute atomic E-state index is 0.0246. The van der Waals surface area contributed by atoms with Gasteiger partial charge in [0.2, 0.25) is 5.43 Å². The lowest BCUT2D eigenvalue weighted by atomic mass is 10.0. The number of fused-ring (bicyclic) bond motifs is 2. The first-order valence-corrected chi connectivity index (χ1v) is 7.30. The van der Waals surface area contributed by atoms with E-state index in [2.05, 4.69) is 0 Å². The monoisotopic (exact) mass is 328 g/mol. The van der Waals surface area contributed by atoms with Crippen LogP contribution < -0.4 is 5.43 Å². The summed E-state index contributed by atoms with van der Waals surface area (Å²) in [6.07, 6.45) is 2.11. The molecular formula is C18H16O6. The molecule has 0 saturated carbocycles. The van der Waals surface area contributed by atoms with E-state index in [9.17, 15) is 25.2 Å². The molecule has 0 atom stereocenters. The summed E-state index contributed by atoms with van der Waals surface area (Å²) in [4.78, 5) is 12.7. The maximum atomic E-state index is 12.7. The normalized spacial score (nSPS) is 11.1. The Morgan fingerprint density at radius 2 is 1.58 bits per heavy atom. The highest BCUT2D eigenvalue weighted by Gasteiger charge is 2.21. The van der Waals surface area contributed by atoms with Gasteiger partial charge in [-0.05, 0) is 32.4 Å². The second kappa shape index (κ2) is 5.49. The Morgan fingerprint density at radius 3 is 2.25 bits per heavy atom. The first-order valence-electron chi connectivity index (χ1n) is 7.30. The van der Waals surface area contributed by atoms with E-state index in [1.807, 2.05) is 19.9 Å². The molecule has 0 saturated heterocycles. The van der Waals surface area contributed by atoms with Crippen molar-refractivity contribution in [3.63, 3.8) is 0 Å². The summed E-state index contributed by atoms with van der Waals surface area (Å²) in [6.45, 7) is 3.77. The van der Waals surface area contributed by atoms with Crippen molar-refractivity contribution in [2.24, 2.45) is 0 Å². The molecule has 0 bridgehead atoms. The maximum Gasteiger partial charge on any atom is 0.208 e. The van der Waals surface area contributed by atoms with Gasteiger partial charge in [-0.1, -0.05) is 11.6 Å². The standard InChI is InChI=1S/C18H16O6/c1-8(2)3-4-9-12(21)7-13(22)15-16(23)14-10(19)5-6-11(20)18(14)24-17(9)15/h3,5-7,19-22H,4H2,1-2H3. The van der Waals surface area contributed by atoms with E-state index in [0.29, 0.717) is 5.56 Å². The second-order valence-electron chi connectivity index (χ2n) is 5.82. The Kier molecular flexibility index (Phi) is 3.60. The van der Waals surface area contributed by atoms with Gasteiger partial charge in [0.25, 0.3) is 0 Å². The Labute approximate surface area is 136 Å². The van der Waals surface area contributed by atoms with Crippen LogP contribution in [0.5, 0.6) is 23.0 Å². The lowest BCUT2D eigenvalue weighted by molar-refractivity contribution is 0.445. The van der Waals surface area contributed by atoms with Crippen molar-refractivity contribution in [2.75, 3.05) is 0 Å². The molecule has 24 heavy (non-hydrogen) atoms. The van der Waals surface area contributed by atoms with Gasteiger partial charge in [-0.3, -0.25) is 4.79 Å². The molecular weight excluding hydrogens is 312 g/mol. The zero-order valence-corrected chi connectivity index (χ0v) is 13.1. The average Bonchev–Trinajstić information content (AvgIpc) is 2.49. The maximum absolute atomic E-state index is 12.7. The summed E-state index contributed by atoms with van der Waals surface area (Å²) >= 11 is 0. The molecule has 0 aliphatic carbocycles. The number of benzene rings is 2. The first-order chi connectivity index (χ1) is 11.3. The van der Waals surface area contributed by atoms with Gasteiger partial charge >= 0.3 is 0 Å². The van der Waals surface area contributed by atoms with Gasteiger partial charge in [-0.25, -0.2) is 0 Å². The molecule has 0 unspecified atom stereocenters. The third kappa shape index (κ3) is 2.32. The topological polar surface area (TPSA) is 111 Å². The van der Waals surface area contributed by atoms with Crippen LogP contribution in [-0.2, 0) is 6.42 Å². The third-order valence-electron chi connectivity index (χ3n) is 3.83. The molecule has 2 aromatic carbocycles. The molecule has 124 valence electrons. The minimum atomic E-state index is -0.685. The molecule has 6 nitrogen and oxygen atoms in total. The highest BCUT2D eigenvalue weighted by molar-refractivity contribution is 5.99. The highest BCUT2D eigenvalue weighted by Crippen LogP contribution is 2.38. The Hall–Kier alpha value is -3.15. The summed E-state index contributed by atoms with van der Waals surface area (Å²) in [5.41, 5.74) is 0.403. The SMILES string of the molecule is CC(C)=CCc1c(O)cc(O)c2c(=O)c3c(O)ccc(O)c3oc12. The van der Waals surface area contributed by atoms with Gasteiger partial charge in [0.1, 0.15) is 33.6 Å². The van der Waals surface area contributed by atoms with Crippen LogP contribution in [0.15, 0.2) is 39.1 Å². The molecule has 0 fully saturated rings. The fourth-order valence-electron chi connectivity index (χ4n) is 2.62. The molecule has 3 rings (SSSR count). The molecule has 0 aliphatic rings. The predicted molar refractivity (Wildman–Crippen MR) is 89.8 cm³/mol. The quantitative estimate of drug-likeness (QED) is 0.326. The van der Waals surface area contributed by atoms with Gasteiger partial charge in [0.15, 0.2) is 11.3 Å². The van der Waals surface area contributed by atoms with Crippen LogP contribution in [-0.4, -0.2) is 20.4 Å². The number of rotatable bonds is 2. The van der Waals surface area contributed by atoms with Crippen molar-refractivity contribution >= 4 is 21.9 Å². The Morgan fingerprint density at radius 1 is 0.958 bits per heavy atom. The van der Waals surface area contributed by atoms with Crippen molar-refractivity contribution < 1.29 is 24.8 Å². The molecule has 0 radical (unpaired) electrons. The number of allylic oxidation sites excluding steroid dienone is 2. The molecule has 0 amide bonds. The summed E-state index contributed by atoms with van der Waals surface area (Å²) in [7, 11) is 0. The smallest absolute Gasteiger partial charge is 0.208 e. The third-order valence-corrected chi connectivity index (χ3v) is 3.83. The molecule has 0 spiro atoms. The zero-order valence-electron chi connectivity index (χ0n) is 13.1. The number of phenolic OH excluding ortho intramolecular Hbond substituents is 4. The van der Waals surface area contributed by atoms with E-state index in [0.717, 1.165) is 11.6 Å². The molecule has 1 heterocycles. The van der Waals surface area contributed by atoms with E-state index in [1.165, 1.54) is 12.1 Å². The van der Waals surface area contributed by atoms with Crippen LogP contribution in [0.25, 0.3) is 21.9 Å². The summed E-state index contributed by atoms with van der Waals surface area (Å²) in [5.74, 6) is -1.36. The molecule has 1 aromatic heterocycles. The van der Waals surface area contributed by atoms with Crippen LogP contribution in [0.3, 0.4) is 0 Å². The summed E-state index contributed by atoms with van der Waals surface area (Å²) in [6, 6.07) is 3.44. The fourth-order valence-corrected chi connectivity index (χ4v) is 2.62. The second-order valence-corrected chi connectivity index (χ2v) is 5.82. The van der Waals surface area contributed by atoms with Crippen molar-refractivity contribution in [1.82, 2.24) is 0 Å². The average molecular weight is 328 g/mol. The van der Waals surface area contributed by atoms with Crippen molar-refractivity contribution in [2.45, 2.75) is 20.3 Å². The minimum Gasteiger partial charge on any atom is -0.507 e. The fraction of sp³-hybridized carbons (Fsp3) is 0.167. The Bertz CT molecular complexity index is 1050. The number of phenols is 4. The summed E-state index contributed by atoms with van der Waals surface area (Å²) < 4.78 is 5.60. The van der Waals surface area contributed by atoms with Crippen LogP contribution in [0.4, 0.5) is 0 Å². The van der Waals surface area contributed by atoms with Gasteiger partial charge in [0, 0.05) is 11.6 Å². The van der Waals surface area contributed by atoms with Gasteiger partial charge in [0.05, 0.1) is 0 Å². The van der Waals surface area contributed by atoms with Gasteiger partial charge < -0.3 is 24.8 Å². The Balaban J connectivity index is 2.53. The van der Waals surface area contributed by atoms with E-state index in [-0.39, 0.29) is 45.6 Å². The van der Waals surface area contributed by atoms with E-state index in [1.54, 1.807) is 0 Å². The predicted octanol–water partition coefficient (Wildman–Crippen LogP) is 3.28. The molecule has 0 aliphatic heterocycles. The van der Waals surface area contributed by atoms with Crippen molar-refractivity contribution in [1.29, 1.82) is 0 Å². The molecule has 6 heteroatoms. The van der Waals surface area contributed by atoms with E-state index < -0.39 is 11.2 Å². The van der Waals surface area contributed by atoms with E-state index in [4.69, 9.17) is 4.42 Å². The van der Waals surface area contributed by atoms with Crippen LogP contribution in [0.2, 0.25) is 0 Å². The molecule has 3 aromatic rings. The highest BCUT2D eigenvalue weighted by atomic mass is 16.4. The number of hydrogen-bond donors (Lipinski definition) is 4. The van der Waals surface area contributed by atoms with Crippen molar-refractivity contribution in [3.8, 4) is 23.0 Å². The largest absolute Gasteiger partial charge is 0.507 e. The number of hydrogen-bond acceptors (Lipinski definition) is 6. The zero-order chi connectivity index (χ0) is 17.6. The van der Waals surface area contributed by atoms with E-state index >= 15 is 0 Å². The lowest BCUT2D eigenvalue weighted by Gasteiger charge is -2.11. The van der Waals surface area contributed by atoms with Gasteiger partial charge in [-0.2, -0.15) is 0 Å². The van der Waals surface area contributed by atoms with Gasteiger partial charge in [-0.15, -0.1) is 0 Å². The summed E-state index contributed by atoms with van der Waals surface area (Å²) in [5, 5.41) is 39.7.